The number of amides is 2. The Kier molecular flexibility index (Phi) is 17.1. The van der Waals surface area contributed by atoms with Gasteiger partial charge in [0.15, 0.2) is 0 Å². The molecule has 2 aromatic rings. The van der Waals surface area contributed by atoms with E-state index in [2.05, 4.69) is 4.98 Å². The predicted molar refractivity (Wildman–Crippen MR) is 200 cm³/mol. The number of carbonyl (C=O) groups excluding carboxylic acids is 3. The van der Waals surface area contributed by atoms with Crippen LogP contribution in [-0.2, 0) is 30.2 Å². The number of nitrogen functional groups attached to an aromatic ring is 1. The first kappa shape index (κ1) is 42.4. The fourth-order valence-electron chi connectivity index (χ4n) is 5.18. The molecule has 1 fully saturated rings. The maximum Gasteiger partial charge on any atom is 0.508 e. The summed E-state index contributed by atoms with van der Waals surface area (Å²) in [6.07, 6.45) is 5.00. The molecule has 2 heterocycles. The summed E-state index contributed by atoms with van der Waals surface area (Å²) in [7, 11) is 0. The van der Waals surface area contributed by atoms with Gasteiger partial charge in [-0.3, -0.25) is 4.57 Å². The summed E-state index contributed by atoms with van der Waals surface area (Å²) < 4.78 is 28.9. The number of rotatable bonds is 18. The lowest BCUT2D eigenvalue weighted by Crippen LogP contribution is -2.38. The van der Waals surface area contributed by atoms with E-state index in [-0.39, 0.29) is 31.2 Å². The number of nitrogens with zero attached hydrogens (tertiary/aromatic N) is 4. The van der Waals surface area contributed by atoms with Crippen LogP contribution in [0.25, 0.3) is 0 Å². The molecule has 15 heteroatoms. The fraction of sp³-hybridized carbons (Fsp3) is 0.649. The molecule has 3 rings (SSSR count). The van der Waals surface area contributed by atoms with Gasteiger partial charge in [0.1, 0.15) is 35.3 Å². The number of nitrogens with two attached hydrogens (primary N) is 1. The Morgan fingerprint density at radius 3 is 2.04 bits per heavy atom. The highest BCUT2D eigenvalue weighted by Gasteiger charge is 2.29. The quantitative estimate of drug-likeness (QED) is 0.0947. The Hall–Kier alpha value is -3.98. The summed E-state index contributed by atoms with van der Waals surface area (Å²) in [5.41, 5.74) is 4.46. The van der Waals surface area contributed by atoms with Crippen LogP contribution < -0.4 is 11.4 Å². The number of carbonyl (C=O) groups is 3. The third-order valence-corrected chi connectivity index (χ3v) is 8.75. The van der Waals surface area contributed by atoms with Crippen LogP contribution >= 0.6 is 11.8 Å². The van der Waals surface area contributed by atoms with Crippen molar-refractivity contribution in [3.63, 3.8) is 0 Å². The van der Waals surface area contributed by atoms with E-state index in [1.54, 1.807) is 9.80 Å². The molecule has 290 valence electrons. The highest BCUT2D eigenvalue weighted by molar-refractivity contribution is 8.00. The zero-order valence-electron chi connectivity index (χ0n) is 31.5. The van der Waals surface area contributed by atoms with Crippen LogP contribution in [0.1, 0.15) is 98.3 Å². The number of unbranched alkanes of at least 4 members (excludes halogenated alkanes) is 5. The first-order valence-corrected chi connectivity index (χ1v) is 19.1. The lowest BCUT2D eigenvalue weighted by Gasteiger charge is -2.28. The molecular weight excluding hydrogens is 690 g/mol. The van der Waals surface area contributed by atoms with Crippen molar-refractivity contribution in [3.8, 4) is 0 Å². The van der Waals surface area contributed by atoms with Gasteiger partial charge in [0.05, 0.1) is 6.61 Å². The van der Waals surface area contributed by atoms with Gasteiger partial charge in [-0.15, -0.1) is 11.8 Å². The second-order valence-electron chi connectivity index (χ2n) is 14.6. The molecule has 1 aliphatic rings. The van der Waals surface area contributed by atoms with Crippen molar-refractivity contribution >= 4 is 35.9 Å². The molecule has 2 amide bonds. The van der Waals surface area contributed by atoms with Crippen molar-refractivity contribution in [1.29, 1.82) is 0 Å². The summed E-state index contributed by atoms with van der Waals surface area (Å²) in [4.78, 5) is 57.3. The van der Waals surface area contributed by atoms with E-state index in [4.69, 9.17) is 29.4 Å². The van der Waals surface area contributed by atoms with E-state index >= 15 is 0 Å². The fourth-order valence-corrected chi connectivity index (χ4v) is 6.17. The van der Waals surface area contributed by atoms with E-state index in [0.717, 1.165) is 44.1 Å². The minimum absolute atomic E-state index is 0.00661. The third-order valence-electron chi connectivity index (χ3n) is 7.65. The maximum absolute atomic E-state index is 13.0. The van der Waals surface area contributed by atoms with Crippen LogP contribution in [0.3, 0.4) is 0 Å². The molecule has 2 N–H and O–H groups in total. The van der Waals surface area contributed by atoms with Crippen LogP contribution in [0.15, 0.2) is 47.4 Å². The summed E-state index contributed by atoms with van der Waals surface area (Å²) in [5.74, 6) is 0.643. The van der Waals surface area contributed by atoms with Crippen molar-refractivity contribution in [1.82, 2.24) is 19.4 Å². The molecule has 0 unspecified atom stereocenters. The normalized spacial score (nSPS) is 15.9. The smallest absolute Gasteiger partial charge is 0.444 e. The molecule has 1 aliphatic heterocycles. The van der Waals surface area contributed by atoms with Crippen molar-refractivity contribution < 1.29 is 38.1 Å². The van der Waals surface area contributed by atoms with E-state index in [1.165, 1.54) is 28.6 Å². The number of thioether (sulfide) groups is 1. The van der Waals surface area contributed by atoms with Crippen LogP contribution in [0.2, 0.25) is 0 Å². The minimum Gasteiger partial charge on any atom is -0.444 e. The second-order valence-corrected chi connectivity index (χ2v) is 15.8. The maximum atomic E-state index is 13.0. The minimum atomic E-state index is -0.774. The van der Waals surface area contributed by atoms with E-state index < -0.39 is 34.7 Å². The van der Waals surface area contributed by atoms with Gasteiger partial charge in [0, 0.05) is 38.1 Å². The first-order chi connectivity index (χ1) is 24.6. The van der Waals surface area contributed by atoms with Gasteiger partial charge in [-0.25, -0.2) is 19.2 Å². The average Bonchev–Trinajstić information content (AvgIpc) is 3.52. The SMILES string of the molecule is CC(C)(C)OC(=O)N(CCCCCCOC(=O)OC[C@H]1O[C@@H](n2ccc(N)nc2=O)CS1)CCCCCN(Cc1ccccc1)C(=O)OC(C)(C)C. The first-order valence-electron chi connectivity index (χ1n) is 18.0. The largest absolute Gasteiger partial charge is 0.508 e. The van der Waals surface area contributed by atoms with Gasteiger partial charge < -0.3 is 39.2 Å². The predicted octanol–water partition coefficient (Wildman–Crippen LogP) is 6.97. The Labute approximate surface area is 311 Å². The average molecular weight is 748 g/mol. The number of benzene rings is 1. The monoisotopic (exact) mass is 747 g/mol. The Bertz CT molecular complexity index is 1460. The zero-order valence-corrected chi connectivity index (χ0v) is 32.4. The molecule has 14 nitrogen and oxygen atoms in total. The van der Waals surface area contributed by atoms with Crippen LogP contribution in [0, 0.1) is 0 Å². The van der Waals surface area contributed by atoms with Crippen molar-refractivity contribution in [2.45, 2.75) is 116 Å². The van der Waals surface area contributed by atoms with E-state index in [1.807, 2.05) is 71.9 Å². The van der Waals surface area contributed by atoms with Crippen LogP contribution in [0.5, 0.6) is 0 Å². The van der Waals surface area contributed by atoms with Crippen molar-refractivity contribution in [2.24, 2.45) is 0 Å². The lowest BCUT2D eigenvalue weighted by atomic mass is 10.1. The van der Waals surface area contributed by atoms with Crippen molar-refractivity contribution in [3.05, 3.63) is 58.6 Å². The molecule has 0 aliphatic carbocycles. The summed E-state index contributed by atoms with van der Waals surface area (Å²) in [5, 5.41) is 0. The van der Waals surface area contributed by atoms with Gasteiger partial charge in [-0.05, 0) is 91.7 Å². The molecule has 1 aromatic carbocycles. The number of aromatic nitrogens is 2. The molecule has 1 saturated heterocycles. The second kappa shape index (κ2) is 20.9. The van der Waals surface area contributed by atoms with Gasteiger partial charge >= 0.3 is 24.0 Å². The highest BCUT2D eigenvalue weighted by Crippen LogP contribution is 2.31. The molecule has 2 atom stereocenters. The molecule has 1 aromatic heterocycles. The van der Waals surface area contributed by atoms with Crippen LogP contribution in [-0.4, -0.2) is 92.9 Å². The van der Waals surface area contributed by atoms with E-state index in [9.17, 15) is 19.2 Å². The lowest BCUT2D eigenvalue weighted by molar-refractivity contribution is -0.0239. The molecule has 52 heavy (non-hydrogen) atoms. The Balaban J connectivity index is 1.33. The summed E-state index contributed by atoms with van der Waals surface area (Å²) in [6.45, 7) is 13.5. The third kappa shape index (κ3) is 16.6. The number of ether oxygens (including phenoxy) is 5. The molecule has 0 radical (unpaired) electrons. The molecule has 0 spiro atoms. The van der Waals surface area contributed by atoms with E-state index in [0.29, 0.717) is 38.4 Å². The Morgan fingerprint density at radius 2 is 1.42 bits per heavy atom. The number of hydrogen-bond donors (Lipinski definition) is 1. The number of hydrogen-bond acceptors (Lipinski definition) is 12. The topological polar surface area (TPSA) is 165 Å². The van der Waals surface area contributed by atoms with Gasteiger partial charge in [-0.1, -0.05) is 36.8 Å². The van der Waals surface area contributed by atoms with Crippen LogP contribution in [0.4, 0.5) is 20.2 Å². The van der Waals surface area contributed by atoms with Gasteiger partial charge in [0.2, 0.25) is 0 Å². The molecular formula is C37H57N5O9S. The standard InChI is InChI=1S/C37H57N5O9S/c1-36(2,3)50-33(44)40(21-14-10-15-22-41(34(45)51-37(4,5)6)25-28-17-11-9-12-18-28)20-13-7-8-16-24-47-35(46)48-26-31-49-30(27-52-31)42-23-19-29(38)39-32(42)43/h9,11-12,17-19,23,30-31H,7-8,10,13-16,20-22,24-27H2,1-6H3,(H2,38,39,43)/t30-,31+/m1/s1. The van der Waals surface area contributed by atoms with Gasteiger partial charge in [-0.2, -0.15) is 4.98 Å². The van der Waals surface area contributed by atoms with Crippen molar-refractivity contribution in [2.75, 3.05) is 44.3 Å². The number of anilines is 1. The Morgan fingerprint density at radius 1 is 0.846 bits per heavy atom. The zero-order chi connectivity index (χ0) is 38.1. The van der Waals surface area contributed by atoms with Gasteiger partial charge in [0.25, 0.3) is 0 Å². The molecule has 0 bridgehead atoms. The highest BCUT2D eigenvalue weighted by atomic mass is 32.2. The molecule has 0 saturated carbocycles. The summed E-state index contributed by atoms with van der Waals surface area (Å²) >= 11 is 1.43. The summed E-state index contributed by atoms with van der Waals surface area (Å²) in [6, 6.07) is 11.4.